The Morgan fingerprint density at radius 3 is 2.24 bits per heavy atom. The first-order valence-corrected chi connectivity index (χ1v) is 11.5. The van der Waals surface area contributed by atoms with E-state index in [1.54, 1.807) is 24.3 Å². The van der Waals surface area contributed by atoms with E-state index in [0.29, 0.717) is 6.42 Å². The Kier molecular flexibility index (Phi) is 8.01. The maximum absolute atomic E-state index is 13.1. The van der Waals surface area contributed by atoms with Gasteiger partial charge in [-0.1, -0.05) is 60.7 Å². The van der Waals surface area contributed by atoms with Crippen molar-refractivity contribution in [3.8, 4) is 0 Å². The Hall–Kier alpha value is -3.89. The maximum Gasteiger partial charge on any atom is 0.278 e. The SMILES string of the molecule is O=C(CN(CCc1ccccc1)S(=O)(=O)c1ccccc1)N/N=C/c1ccccc1[N+](=O)[O-]. The minimum absolute atomic E-state index is 0.0780. The molecule has 3 rings (SSSR count). The molecular weight excluding hydrogens is 444 g/mol. The van der Waals surface area contributed by atoms with Crippen LogP contribution in [0.25, 0.3) is 0 Å². The fourth-order valence-corrected chi connectivity index (χ4v) is 4.47. The van der Waals surface area contributed by atoms with E-state index in [0.717, 1.165) is 16.1 Å². The molecule has 1 N–H and O–H groups in total. The molecule has 0 saturated carbocycles. The highest BCUT2D eigenvalue weighted by Crippen LogP contribution is 2.17. The third-order valence-electron chi connectivity index (χ3n) is 4.72. The molecule has 0 spiro atoms. The standard InChI is InChI=1S/C23H22N4O5S/c28-23(25-24-17-20-11-7-8-14-22(20)27(29)30)18-26(16-15-19-9-3-1-4-10-19)33(31,32)21-12-5-2-6-13-21/h1-14,17H,15-16,18H2,(H,25,28)/b24-17+. The van der Waals surface area contributed by atoms with Gasteiger partial charge in [0, 0.05) is 12.6 Å². The number of para-hydroxylation sites is 1. The van der Waals surface area contributed by atoms with Crippen LogP contribution in [0.15, 0.2) is 94.9 Å². The molecule has 10 heteroatoms. The number of rotatable bonds is 10. The van der Waals surface area contributed by atoms with Gasteiger partial charge in [0.05, 0.1) is 28.1 Å². The highest BCUT2D eigenvalue weighted by atomic mass is 32.2. The molecule has 0 unspecified atom stereocenters. The van der Waals surface area contributed by atoms with Crippen molar-refractivity contribution in [1.29, 1.82) is 0 Å². The summed E-state index contributed by atoms with van der Waals surface area (Å²) >= 11 is 0. The number of amides is 1. The normalized spacial score (nSPS) is 11.5. The van der Waals surface area contributed by atoms with E-state index < -0.39 is 27.4 Å². The van der Waals surface area contributed by atoms with E-state index in [1.165, 1.54) is 30.3 Å². The summed E-state index contributed by atoms with van der Waals surface area (Å²) in [4.78, 5) is 23.1. The lowest BCUT2D eigenvalue weighted by Gasteiger charge is -2.21. The lowest BCUT2D eigenvalue weighted by Crippen LogP contribution is -2.40. The molecule has 3 aromatic rings. The number of nitro groups is 1. The van der Waals surface area contributed by atoms with Crippen molar-refractivity contribution in [3.63, 3.8) is 0 Å². The molecule has 33 heavy (non-hydrogen) atoms. The second kappa shape index (κ2) is 11.1. The molecule has 0 atom stereocenters. The number of hydrogen-bond acceptors (Lipinski definition) is 6. The largest absolute Gasteiger partial charge is 0.278 e. The fourth-order valence-electron chi connectivity index (χ4n) is 3.06. The Morgan fingerprint density at radius 2 is 1.58 bits per heavy atom. The Bertz CT molecular complexity index is 1230. The number of hydrazone groups is 1. The van der Waals surface area contributed by atoms with Gasteiger partial charge in [-0.3, -0.25) is 14.9 Å². The third kappa shape index (κ3) is 6.55. The fraction of sp³-hybridized carbons (Fsp3) is 0.130. The van der Waals surface area contributed by atoms with Gasteiger partial charge in [-0.15, -0.1) is 0 Å². The molecule has 0 aliphatic carbocycles. The van der Waals surface area contributed by atoms with Gasteiger partial charge in [0.15, 0.2) is 0 Å². The van der Waals surface area contributed by atoms with Crippen LogP contribution in [0, 0.1) is 10.1 Å². The van der Waals surface area contributed by atoms with Crippen LogP contribution >= 0.6 is 0 Å². The Morgan fingerprint density at radius 1 is 0.970 bits per heavy atom. The van der Waals surface area contributed by atoms with E-state index in [4.69, 9.17) is 0 Å². The van der Waals surface area contributed by atoms with Crippen molar-refractivity contribution in [3.05, 3.63) is 106 Å². The first-order valence-electron chi connectivity index (χ1n) is 10.0. The van der Waals surface area contributed by atoms with Crippen molar-refractivity contribution >= 4 is 27.8 Å². The van der Waals surface area contributed by atoms with E-state index >= 15 is 0 Å². The molecule has 0 aromatic heterocycles. The molecule has 9 nitrogen and oxygen atoms in total. The summed E-state index contributed by atoms with van der Waals surface area (Å²) in [6.07, 6.45) is 1.57. The zero-order valence-corrected chi connectivity index (χ0v) is 18.4. The van der Waals surface area contributed by atoms with Crippen LogP contribution < -0.4 is 5.43 Å². The van der Waals surface area contributed by atoms with E-state index in [-0.39, 0.29) is 22.7 Å². The summed E-state index contributed by atoms with van der Waals surface area (Å²) in [5, 5.41) is 14.8. The summed E-state index contributed by atoms with van der Waals surface area (Å²) in [5.41, 5.74) is 3.23. The van der Waals surface area contributed by atoms with Crippen molar-refractivity contribution in [2.75, 3.05) is 13.1 Å². The van der Waals surface area contributed by atoms with Gasteiger partial charge in [-0.25, -0.2) is 13.8 Å². The highest BCUT2D eigenvalue weighted by molar-refractivity contribution is 7.89. The summed E-state index contributed by atoms with van der Waals surface area (Å²) in [6, 6.07) is 23.1. The van der Waals surface area contributed by atoms with Gasteiger partial charge in [0.2, 0.25) is 10.0 Å². The molecule has 0 heterocycles. The highest BCUT2D eigenvalue weighted by Gasteiger charge is 2.26. The average Bonchev–Trinajstić information content (AvgIpc) is 2.83. The summed E-state index contributed by atoms with van der Waals surface area (Å²) in [7, 11) is -3.93. The van der Waals surface area contributed by atoms with Crippen molar-refractivity contribution in [2.24, 2.45) is 5.10 Å². The molecule has 0 bridgehead atoms. The van der Waals surface area contributed by atoms with Crippen LogP contribution in [0.5, 0.6) is 0 Å². The smallest absolute Gasteiger partial charge is 0.272 e. The van der Waals surface area contributed by atoms with Crippen LogP contribution in [0.1, 0.15) is 11.1 Å². The molecule has 0 aliphatic rings. The lowest BCUT2D eigenvalue weighted by molar-refractivity contribution is -0.385. The first kappa shape index (κ1) is 23.8. The number of carbonyl (C=O) groups excluding carboxylic acids is 1. The first-order chi connectivity index (χ1) is 15.9. The predicted molar refractivity (Wildman–Crippen MR) is 124 cm³/mol. The molecule has 0 fully saturated rings. The van der Waals surface area contributed by atoms with Crippen molar-refractivity contribution in [2.45, 2.75) is 11.3 Å². The molecule has 0 saturated heterocycles. The molecular formula is C23H22N4O5S. The topological polar surface area (TPSA) is 122 Å². The zero-order chi connectivity index (χ0) is 23.7. The molecule has 3 aromatic carbocycles. The molecule has 1 amide bonds. The quantitative estimate of drug-likeness (QED) is 0.280. The van der Waals surface area contributed by atoms with Gasteiger partial charge in [0.1, 0.15) is 0 Å². The van der Waals surface area contributed by atoms with Crippen molar-refractivity contribution < 1.29 is 18.1 Å². The maximum atomic E-state index is 13.1. The van der Waals surface area contributed by atoms with Crippen LogP contribution in [0.3, 0.4) is 0 Å². The minimum Gasteiger partial charge on any atom is -0.272 e. The Labute approximate surface area is 191 Å². The van der Waals surface area contributed by atoms with Crippen LogP contribution in [-0.2, 0) is 21.2 Å². The minimum atomic E-state index is -3.93. The van der Waals surface area contributed by atoms with Gasteiger partial charge >= 0.3 is 0 Å². The van der Waals surface area contributed by atoms with Gasteiger partial charge < -0.3 is 0 Å². The number of nitro benzene ring substituents is 1. The number of nitrogens with one attached hydrogen (secondary N) is 1. The van der Waals surface area contributed by atoms with Crippen LogP contribution in [0.2, 0.25) is 0 Å². The Balaban J connectivity index is 1.74. The summed E-state index contributed by atoms with van der Waals surface area (Å²) in [5.74, 6) is -0.669. The summed E-state index contributed by atoms with van der Waals surface area (Å²) in [6.45, 7) is -0.374. The third-order valence-corrected chi connectivity index (χ3v) is 6.58. The molecule has 170 valence electrons. The second-order valence-electron chi connectivity index (χ2n) is 7.00. The van der Waals surface area contributed by atoms with Gasteiger partial charge in [0.25, 0.3) is 11.6 Å². The van der Waals surface area contributed by atoms with Gasteiger partial charge in [-0.05, 0) is 30.2 Å². The zero-order valence-electron chi connectivity index (χ0n) is 17.6. The average molecular weight is 467 g/mol. The predicted octanol–water partition coefficient (Wildman–Crippen LogP) is 2.98. The van der Waals surface area contributed by atoms with Crippen molar-refractivity contribution in [1.82, 2.24) is 9.73 Å². The second-order valence-corrected chi connectivity index (χ2v) is 8.93. The summed E-state index contributed by atoms with van der Waals surface area (Å²) < 4.78 is 27.4. The number of nitrogens with zero attached hydrogens (tertiary/aromatic N) is 3. The van der Waals surface area contributed by atoms with Crippen LogP contribution in [0.4, 0.5) is 5.69 Å². The van der Waals surface area contributed by atoms with Gasteiger partial charge in [-0.2, -0.15) is 9.41 Å². The van der Waals surface area contributed by atoms with Crippen LogP contribution in [-0.4, -0.2) is 42.9 Å². The van der Waals surface area contributed by atoms with E-state index in [9.17, 15) is 23.3 Å². The monoisotopic (exact) mass is 466 g/mol. The number of benzene rings is 3. The number of hydrogen-bond donors (Lipinski definition) is 1. The molecule has 0 radical (unpaired) electrons. The van der Waals surface area contributed by atoms with E-state index in [2.05, 4.69) is 10.5 Å². The lowest BCUT2D eigenvalue weighted by atomic mass is 10.1. The van der Waals surface area contributed by atoms with E-state index in [1.807, 2.05) is 30.3 Å². The number of carbonyl (C=O) groups is 1. The number of sulfonamides is 1. The molecule has 0 aliphatic heterocycles.